The number of hydrogen-bond acceptors (Lipinski definition) is 4. The number of benzene rings is 2. The van der Waals surface area contributed by atoms with Crippen molar-refractivity contribution < 1.29 is 4.42 Å². The van der Waals surface area contributed by atoms with Gasteiger partial charge in [-0.1, -0.05) is 48.0 Å². The van der Waals surface area contributed by atoms with Gasteiger partial charge in [-0.25, -0.2) is 4.79 Å². The summed E-state index contributed by atoms with van der Waals surface area (Å²) in [5, 5.41) is 5.11. The zero-order chi connectivity index (χ0) is 19.3. The maximum absolute atomic E-state index is 12.2. The van der Waals surface area contributed by atoms with Crippen molar-refractivity contribution in [3.05, 3.63) is 81.7 Å². The Bertz CT molecular complexity index is 1040. The quantitative estimate of drug-likeness (QED) is 0.636. The predicted molar refractivity (Wildman–Crippen MR) is 116 cm³/mol. The van der Waals surface area contributed by atoms with E-state index in [4.69, 9.17) is 16.0 Å². The van der Waals surface area contributed by atoms with Crippen molar-refractivity contribution in [3.8, 4) is 0 Å². The highest BCUT2D eigenvalue weighted by Gasteiger charge is 2.22. The molecule has 4 nitrogen and oxygen atoms in total. The second-order valence-corrected chi connectivity index (χ2v) is 7.47. The number of halogens is 1. The summed E-state index contributed by atoms with van der Waals surface area (Å²) in [5.41, 5.74) is 2.32. The summed E-state index contributed by atoms with van der Waals surface area (Å²) in [7, 11) is 0. The van der Waals surface area contributed by atoms with Crippen molar-refractivity contribution in [2.45, 2.75) is 18.9 Å². The summed E-state index contributed by atoms with van der Waals surface area (Å²) in [5.74, 6) is 0. The van der Waals surface area contributed by atoms with Gasteiger partial charge in [0.15, 0.2) is 0 Å². The molecular formula is C23H23ClN2O2. The van der Waals surface area contributed by atoms with Crippen LogP contribution in [0.15, 0.2) is 69.9 Å². The summed E-state index contributed by atoms with van der Waals surface area (Å²) in [6.07, 6.45) is 6.30. The number of para-hydroxylation sites is 1. The molecule has 0 spiro atoms. The van der Waals surface area contributed by atoms with Gasteiger partial charge in [0.25, 0.3) is 0 Å². The molecule has 1 aliphatic heterocycles. The molecule has 1 fully saturated rings. The topological polar surface area (TPSA) is 45.5 Å². The van der Waals surface area contributed by atoms with E-state index in [1.807, 2.05) is 48.5 Å². The second-order valence-electron chi connectivity index (χ2n) is 7.04. The SMILES string of the molecule is O=c1cc(N(C/C=C/c2cccc(Cl)c2)C2CCNCC2)c2ccccc2o1. The monoisotopic (exact) mass is 394 g/mol. The van der Waals surface area contributed by atoms with E-state index in [1.54, 1.807) is 6.07 Å². The molecule has 144 valence electrons. The first-order valence-corrected chi connectivity index (χ1v) is 10.0. The lowest BCUT2D eigenvalue weighted by molar-refractivity contribution is 0.437. The van der Waals surface area contributed by atoms with Crippen molar-refractivity contribution in [3.63, 3.8) is 0 Å². The van der Waals surface area contributed by atoms with Crippen LogP contribution in [-0.2, 0) is 0 Å². The van der Waals surface area contributed by atoms with Crippen molar-refractivity contribution in [1.82, 2.24) is 5.32 Å². The standard InChI is InChI=1S/C23H23ClN2O2/c24-18-7-3-5-17(15-18)6-4-14-26(19-10-12-25-13-11-19)21-16-23(27)28-22-9-2-1-8-20(21)22/h1-9,15-16,19,25H,10-14H2/b6-4+. The number of fused-ring (bicyclic) bond motifs is 1. The lowest BCUT2D eigenvalue weighted by Crippen LogP contribution is -2.43. The van der Waals surface area contributed by atoms with Gasteiger partial charge in [-0.3, -0.25) is 0 Å². The molecule has 2 heterocycles. The number of piperidine rings is 1. The average molecular weight is 395 g/mol. The van der Waals surface area contributed by atoms with Crippen LogP contribution >= 0.6 is 11.6 Å². The van der Waals surface area contributed by atoms with Crippen molar-refractivity contribution in [2.24, 2.45) is 0 Å². The number of rotatable bonds is 5. The minimum Gasteiger partial charge on any atom is -0.423 e. The molecule has 1 N–H and O–H groups in total. The van der Waals surface area contributed by atoms with Crippen LogP contribution in [0.3, 0.4) is 0 Å². The first kappa shape index (κ1) is 18.8. The Morgan fingerprint density at radius 3 is 2.75 bits per heavy atom. The first-order valence-electron chi connectivity index (χ1n) is 9.63. The molecule has 3 aromatic rings. The molecule has 0 aliphatic carbocycles. The van der Waals surface area contributed by atoms with Gasteiger partial charge in [0, 0.05) is 29.1 Å². The van der Waals surface area contributed by atoms with E-state index in [1.165, 1.54) is 0 Å². The highest BCUT2D eigenvalue weighted by Crippen LogP contribution is 2.29. The third kappa shape index (κ3) is 4.29. The molecule has 0 bridgehead atoms. The molecule has 0 radical (unpaired) electrons. The van der Waals surface area contributed by atoms with Crippen molar-refractivity contribution in [1.29, 1.82) is 0 Å². The van der Waals surface area contributed by atoms with Crippen LogP contribution in [0.5, 0.6) is 0 Å². The Kier molecular flexibility index (Phi) is 5.79. The number of anilines is 1. The second kappa shape index (κ2) is 8.63. The lowest BCUT2D eigenvalue weighted by Gasteiger charge is -2.36. The van der Waals surface area contributed by atoms with Crippen LogP contribution in [0.4, 0.5) is 5.69 Å². The van der Waals surface area contributed by atoms with E-state index in [0.717, 1.165) is 47.6 Å². The zero-order valence-electron chi connectivity index (χ0n) is 15.6. The first-order chi connectivity index (χ1) is 13.7. The molecule has 2 aromatic carbocycles. The third-order valence-corrected chi connectivity index (χ3v) is 5.38. The molecule has 0 amide bonds. The van der Waals surface area contributed by atoms with Gasteiger partial charge in [0.05, 0.1) is 5.69 Å². The minimum absolute atomic E-state index is 0.313. The molecule has 0 saturated carbocycles. The largest absolute Gasteiger partial charge is 0.423 e. The summed E-state index contributed by atoms with van der Waals surface area (Å²) in [6, 6.07) is 17.5. The van der Waals surface area contributed by atoms with Gasteiger partial charge in [-0.05, 0) is 55.8 Å². The van der Waals surface area contributed by atoms with Gasteiger partial charge in [-0.15, -0.1) is 0 Å². The van der Waals surface area contributed by atoms with Gasteiger partial charge < -0.3 is 14.6 Å². The fourth-order valence-electron chi connectivity index (χ4n) is 3.81. The molecule has 0 unspecified atom stereocenters. The highest BCUT2D eigenvalue weighted by molar-refractivity contribution is 6.30. The Hall–Kier alpha value is -2.56. The van der Waals surface area contributed by atoms with Crippen LogP contribution in [-0.4, -0.2) is 25.7 Å². The van der Waals surface area contributed by atoms with E-state index in [2.05, 4.69) is 22.4 Å². The molecule has 4 rings (SSSR count). The Morgan fingerprint density at radius 1 is 1.11 bits per heavy atom. The normalized spacial score (nSPS) is 15.3. The predicted octanol–water partition coefficient (Wildman–Crippen LogP) is 4.72. The van der Waals surface area contributed by atoms with Gasteiger partial charge in [0.1, 0.15) is 5.58 Å². The summed E-state index contributed by atoms with van der Waals surface area (Å²) < 4.78 is 5.40. The fraction of sp³-hybridized carbons (Fsp3) is 0.261. The van der Waals surface area contributed by atoms with Gasteiger partial charge >= 0.3 is 5.63 Å². The summed E-state index contributed by atoms with van der Waals surface area (Å²) in [6.45, 7) is 2.68. The molecule has 1 aromatic heterocycles. The maximum Gasteiger partial charge on any atom is 0.338 e. The Labute approximate surface area is 169 Å². The van der Waals surface area contributed by atoms with Crippen LogP contribution < -0.4 is 15.8 Å². The lowest BCUT2D eigenvalue weighted by atomic mass is 10.0. The molecule has 1 saturated heterocycles. The van der Waals surface area contributed by atoms with E-state index in [-0.39, 0.29) is 5.63 Å². The van der Waals surface area contributed by atoms with Crippen molar-refractivity contribution >= 4 is 34.3 Å². The fourth-order valence-corrected chi connectivity index (χ4v) is 4.01. The van der Waals surface area contributed by atoms with E-state index in [0.29, 0.717) is 18.2 Å². The zero-order valence-corrected chi connectivity index (χ0v) is 16.4. The molecule has 1 aliphatic rings. The molecule has 0 atom stereocenters. The highest BCUT2D eigenvalue weighted by atomic mass is 35.5. The van der Waals surface area contributed by atoms with Crippen molar-refractivity contribution in [2.75, 3.05) is 24.5 Å². The Morgan fingerprint density at radius 2 is 1.93 bits per heavy atom. The minimum atomic E-state index is -0.313. The summed E-state index contributed by atoms with van der Waals surface area (Å²) >= 11 is 6.09. The van der Waals surface area contributed by atoms with E-state index >= 15 is 0 Å². The van der Waals surface area contributed by atoms with Crippen LogP contribution in [0.1, 0.15) is 18.4 Å². The number of hydrogen-bond donors (Lipinski definition) is 1. The molecule has 28 heavy (non-hydrogen) atoms. The van der Waals surface area contributed by atoms with Crippen LogP contribution in [0.25, 0.3) is 17.0 Å². The van der Waals surface area contributed by atoms with Crippen LogP contribution in [0, 0.1) is 0 Å². The van der Waals surface area contributed by atoms with Gasteiger partial charge in [-0.2, -0.15) is 0 Å². The van der Waals surface area contributed by atoms with E-state index in [9.17, 15) is 4.79 Å². The third-order valence-electron chi connectivity index (χ3n) is 5.15. The maximum atomic E-state index is 12.2. The number of nitrogens with one attached hydrogen (secondary N) is 1. The Balaban J connectivity index is 1.69. The summed E-state index contributed by atoms with van der Waals surface area (Å²) in [4.78, 5) is 14.5. The smallest absolute Gasteiger partial charge is 0.338 e. The van der Waals surface area contributed by atoms with E-state index < -0.39 is 0 Å². The molecular weight excluding hydrogens is 372 g/mol. The average Bonchev–Trinajstić information content (AvgIpc) is 2.71. The number of nitrogens with zero attached hydrogens (tertiary/aromatic N) is 1. The molecule has 5 heteroatoms. The van der Waals surface area contributed by atoms with Gasteiger partial charge in [0.2, 0.25) is 0 Å². The van der Waals surface area contributed by atoms with Crippen LogP contribution in [0.2, 0.25) is 5.02 Å².